The first-order chi connectivity index (χ1) is 8.06. The molecule has 1 atom stereocenters. The number of hydrogen-bond acceptors (Lipinski definition) is 2. The molecular weight excluding hydrogens is 304 g/mol. The van der Waals surface area contributed by atoms with E-state index in [1.807, 2.05) is 0 Å². The van der Waals surface area contributed by atoms with E-state index in [1.54, 1.807) is 18.2 Å². The molecule has 1 aliphatic rings. The van der Waals surface area contributed by atoms with Crippen molar-refractivity contribution in [1.82, 2.24) is 0 Å². The van der Waals surface area contributed by atoms with Crippen LogP contribution in [0.25, 0.3) is 0 Å². The van der Waals surface area contributed by atoms with Gasteiger partial charge in [-0.2, -0.15) is 0 Å². The molecule has 0 bridgehead atoms. The minimum absolute atomic E-state index is 0.0204. The van der Waals surface area contributed by atoms with Crippen molar-refractivity contribution in [2.24, 2.45) is 11.7 Å². The Hall–Kier alpha value is -0.580. The maximum absolute atomic E-state index is 11.8. The Kier molecular flexibility index (Phi) is 4.07. The van der Waals surface area contributed by atoms with Gasteiger partial charge in [0.05, 0.1) is 5.69 Å². The van der Waals surface area contributed by atoms with Crippen molar-refractivity contribution in [2.75, 3.05) is 5.32 Å². The van der Waals surface area contributed by atoms with Crippen molar-refractivity contribution in [3.8, 4) is 0 Å². The molecule has 2 rings (SSSR count). The van der Waals surface area contributed by atoms with Crippen molar-refractivity contribution in [1.29, 1.82) is 0 Å². The summed E-state index contributed by atoms with van der Waals surface area (Å²) in [6.07, 6.45) is 2.66. The molecule has 92 valence electrons. The molecule has 1 fully saturated rings. The van der Waals surface area contributed by atoms with Crippen molar-refractivity contribution in [2.45, 2.75) is 25.3 Å². The van der Waals surface area contributed by atoms with Gasteiger partial charge < -0.3 is 11.1 Å². The number of carbonyl (C=O) groups excluding carboxylic acids is 1. The van der Waals surface area contributed by atoms with Gasteiger partial charge in [-0.25, -0.2) is 0 Å². The number of nitrogens with two attached hydrogens (primary N) is 1. The van der Waals surface area contributed by atoms with Crippen molar-refractivity contribution in [3.05, 3.63) is 27.7 Å². The molecule has 1 amide bonds. The number of carbonyl (C=O) groups is 1. The topological polar surface area (TPSA) is 55.1 Å². The summed E-state index contributed by atoms with van der Waals surface area (Å²) >= 11 is 9.23. The number of amides is 1. The summed E-state index contributed by atoms with van der Waals surface area (Å²) in [6, 6.07) is 5.26. The fourth-order valence-electron chi connectivity index (χ4n) is 1.70. The molecule has 3 nitrogen and oxygen atoms in total. The number of benzene rings is 1. The molecule has 0 saturated heterocycles. The second kappa shape index (κ2) is 5.38. The van der Waals surface area contributed by atoms with E-state index in [0.29, 0.717) is 23.0 Å². The molecule has 0 aliphatic heterocycles. The second-order valence-corrected chi connectivity index (χ2v) is 5.67. The Balaban J connectivity index is 1.94. The Labute approximate surface area is 114 Å². The minimum Gasteiger partial charge on any atom is -0.327 e. The maximum atomic E-state index is 11.8. The van der Waals surface area contributed by atoms with E-state index in [2.05, 4.69) is 21.2 Å². The summed E-state index contributed by atoms with van der Waals surface area (Å²) in [5, 5.41) is 3.41. The van der Waals surface area contributed by atoms with Crippen LogP contribution in [0, 0.1) is 5.92 Å². The Morgan fingerprint density at radius 1 is 1.59 bits per heavy atom. The van der Waals surface area contributed by atoms with Crippen LogP contribution >= 0.6 is 27.5 Å². The van der Waals surface area contributed by atoms with Crippen LogP contribution in [0.15, 0.2) is 22.7 Å². The van der Waals surface area contributed by atoms with Crippen LogP contribution in [0.4, 0.5) is 5.69 Å². The number of halogens is 2. The Morgan fingerprint density at radius 2 is 2.29 bits per heavy atom. The molecule has 17 heavy (non-hydrogen) atoms. The van der Waals surface area contributed by atoms with Gasteiger partial charge in [0.2, 0.25) is 5.91 Å². The van der Waals surface area contributed by atoms with Gasteiger partial charge in [-0.3, -0.25) is 4.79 Å². The molecule has 1 saturated carbocycles. The van der Waals surface area contributed by atoms with Gasteiger partial charge in [-0.05, 0) is 52.9 Å². The van der Waals surface area contributed by atoms with Crippen LogP contribution in [0.2, 0.25) is 5.02 Å². The third-order valence-corrected chi connectivity index (χ3v) is 3.78. The normalized spacial score (nSPS) is 16.6. The van der Waals surface area contributed by atoms with E-state index < -0.39 is 0 Å². The van der Waals surface area contributed by atoms with Crippen molar-refractivity contribution >= 4 is 39.1 Å². The summed E-state index contributed by atoms with van der Waals surface area (Å²) < 4.78 is 0.815. The van der Waals surface area contributed by atoms with Gasteiger partial charge in [-0.1, -0.05) is 11.6 Å². The minimum atomic E-state index is -0.0626. The average Bonchev–Trinajstić information content (AvgIpc) is 3.06. The summed E-state index contributed by atoms with van der Waals surface area (Å²) in [4.78, 5) is 11.8. The largest absolute Gasteiger partial charge is 0.327 e. The van der Waals surface area contributed by atoms with Gasteiger partial charge in [0, 0.05) is 22.0 Å². The van der Waals surface area contributed by atoms with Crippen LogP contribution in [0.5, 0.6) is 0 Å². The Morgan fingerprint density at radius 3 is 2.94 bits per heavy atom. The van der Waals surface area contributed by atoms with E-state index in [0.717, 1.165) is 17.3 Å². The van der Waals surface area contributed by atoms with Gasteiger partial charge >= 0.3 is 0 Å². The van der Waals surface area contributed by atoms with Crippen LogP contribution < -0.4 is 11.1 Å². The van der Waals surface area contributed by atoms with Crippen LogP contribution in [-0.4, -0.2) is 11.9 Å². The van der Waals surface area contributed by atoms with E-state index >= 15 is 0 Å². The lowest BCUT2D eigenvalue weighted by Crippen LogP contribution is -2.28. The summed E-state index contributed by atoms with van der Waals surface area (Å²) in [5.41, 5.74) is 6.59. The number of anilines is 1. The van der Waals surface area contributed by atoms with Gasteiger partial charge in [0.15, 0.2) is 0 Å². The highest BCUT2D eigenvalue weighted by atomic mass is 79.9. The standard InChI is InChI=1S/C12H14BrClN2O/c13-9-4-3-8(14)5-11(9)16-12(17)6-10(15)7-1-2-7/h3-5,7,10H,1-2,6,15H2,(H,16,17). The summed E-state index contributed by atoms with van der Waals surface area (Å²) in [5.74, 6) is 0.468. The molecule has 1 aromatic rings. The van der Waals surface area contributed by atoms with Crippen LogP contribution in [-0.2, 0) is 4.79 Å². The fourth-order valence-corrected chi connectivity index (χ4v) is 2.22. The third kappa shape index (κ3) is 3.69. The van der Waals surface area contributed by atoms with E-state index in [9.17, 15) is 4.79 Å². The SMILES string of the molecule is NC(CC(=O)Nc1cc(Cl)ccc1Br)C1CC1. The predicted octanol–water partition coefficient (Wildman–Crippen LogP) is 3.17. The van der Waals surface area contributed by atoms with Crippen molar-refractivity contribution < 1.29 is 4.79 Å². The molecular formula is C12H14BrClN2O. The Bertz CT molecular complexity index is 435. The summed E-state index contributed by atoms with van der Waals surface area (Å²) in [6.45, 7) is 0. The van der Waals surface area contributed by atoms with E-state index in [4.69, 9.17) is 17.3 Å². The zero-order valence-electron chi connectivity index (χ0n) is 9.25. The highest BCUT2D eigenvalue weighted by Gasteiger charge is 2.29. The van der Waals surface area contributed by atoms with Crippen LogP contribution in [0.3, 0.4) is 0 Å². The van der Waals surface area contributed by atoms with Crippen molar-refractivity contribution in [3.63, 3.8) is 0 Å². The average molecular weight is 318 g/mol. The number of hydrogen-bond donors (Lipinski definition) is 2. The first kappa shape index (κ1) is 12.9. The van der Waals surface area contributed by atoms with E-state index in [1.165, 1.54) is 0 Å². The molecule has 0 spiro atoms. The highest BCUT2D eigenvalue weighted by Crippen LogP contribution is 2.33. The highest BCUT2D eigenvalue weighted by molar-refractivity contribution is 9.10. The predicted molar refractivity (Wildman–Crippen MR) is 73.1 cm³/mol. The fraction of sp³-hybridized carbons (Fsp3) is 0.417. The number of nitrogens with one attached hydrogen (secondary N) is 1. The molecule has 1 unspecified atom stereocenters. The monoisotopic (exact) mass is 316 g/mol. The smallest absolute Gasteiger partial charge is 0.225 e. The third-order valence-electron chi connectivity index (χ3n) is 2.85. The zero-order chi connectivity index (χ0) is 12.4. The number of rotatable bonds is 4. The molecule has 1 aliphatic carbocycles. The first-order valence-electron chi connectivity index (χ1n) is 5.57. The molecule has 0 heterocycles. The van der Waals surface area contributed by atoms with Gasteiger partial charge in [0.1, 0.15) is 0 Å². The zero-order valence-corrected chi connectivity index (χ0v) is 11.6. The molecule has 3 N–H and O–H groups in total. The molecule has 0 aromatic heterocycles. The first-order valence-corrected chi connectivity index (χ1v) is 6.74. The van der Waals surface area contributed by atoms with Gasteiger partial charge in [-0.15, -0.1) is 0 Å². The summed E-state index contributed by atoms with van der Waals surface area (Å²) in [7, 11) is 0. The van der Waals surface area contributed by atoms with Gasteiger partial charge in [0.25, 0.3) is 0 Å². The second-order valence-electron chi connectivity index (χ2n) is 4.38. The molecule has 1 aromatic carbocycles. The quantitative estimate of drug-likeness (QED) is 0.896. The lowest BCUT2D eigenvalue weighted by Gasteiger charge is -2.11. The molecule has 5 heteroatoms. The lowest BCUT2D eigenvalue weighted by molar-refractivity contribution is -0.116. The maximum Gasteiger partial charge on any atom is 0.225 e. The molecule has 0 radical (unpaired) electrons. The van der Waals surface area contributed by atoms with Crippen LogP contribution in [0.1, 0.15) is 19.3 Å². The lowest BCUT2D eigenvalue weighted by atomic mass is 10.1. The van der Waals surface area contributed by atoms with E-state index in [-0.39, 0.29) is 11.9 Å².